The number of carboxylic acids is 1. The zero-order valence-corrected chi connectivity index (χ0v) is 12.4. The molecule has 0 saturated heterocycles. The van der Waals surface area contributed by atoms with Crippen LogP contribution in [-0.2, 0) is 4.79 Å². The monoisotopic (exact) mass is 294 g/mol. The largest absolute Gasteiger partial charge is 0.481 e. The molecule has 0 amide bonds. The summed E-state index contributed by atoms with van der Waals surface area (Å²) in [6.07, 6.45) is 4.10. The molecule has 2 rings (SSSR count). The topological polar surface area (TPSA) is 54.4 Å². The third-order valence-electron chi connectivity index (χ3n) is 4.21. The molecule has 4 heteroatoms. The first-order valence-electron chi connectivity index (χ1n) is 6.93. The lowest BCUT2D eigenvalue weighted by atomic mass is 9.77. The Labute approximate surface area is 123 Å². The highest BCUT2D eigenvalue weighted by Gasteiger charge is 2.38. The number of Topliss-reactive ketones (excluding diaryl/α,β-unsaturated/α-hetero) is 1. The molecule has 0 atom stereocenters. The van der Waals surface area contributed by atoms with Crippen LogP contribution in [0.3, 0.4) is 0 Å². The Bertz CT molecular complexity index is 531. The first-order valence-corrected chi connectivity index (χ1v) is 7.31. The van der Waals surface area contributed by atoms with E-state index in [2.05, 4.69) is 0 Å². The van der Waals surface area contributed by atoms with Gasteiger partial charge in [-0.25, -0.2) is 0 Å². The second-order valence-electron chi connectivity index (χ2n) is 5.84. The quantitative estimate of drug-likeness (QED) is 0.826. The van der Waals surface area contributed by atoms with Crippen molar-refractivity contribution < 1.29 is 14.7 Å². The highest BCUT2D eigenvalue weighted by Crippen LogP contribution is 2.44. The van der Waals surface area contributed by atoms with Crippen LogP contribution in [0.5, 0.6) is 0 Å². The van der Waals surface area contributed by atoms with Crippen molar-refractivity contribution in [3.05, 3.63) is 34.3 Å². The lowest BCUT2D eigenvalue weighted by Gasteiger charge is -2.26. The fraction of sp³-hybridized carbons (Fsp3) is 0.500. The molecule has 1 aliphatic rings. The maximum atomic E-state index is 12.4. The predicted octanol–water partition coefficient (Wildman–Crippen LogP) is 4.26. The van der Waals surface area contributed by atoms with Crippen LogP contribution in [0.15, 0.2) is 18.2 Å². The van der Waals surface area contributed by atoms with Gasteiger partial charge in [0.25, 0.3) is 0 Å². The van der Waals surface area contributed by atoms with E-state index in [0.717, 1.165) is 31.2 Å². The number of carbonyl (C=O) groups excluding carboxylic acids is 1. The van der Waals surface area contributed by atoms with Crippen LogP contribution in [0, 0.1) is 12.3 Å². The summed E-state index contributed by atoms with van der Waals surface area (Å²) in [6, 6.07) is 5.23. The fourth-order valence-electron chi connectivity index (χ4n) is 3.12. The Balaban J connectivity index is 2.16. The van der Waals surface area contributed by atoms with Gasteiger partial charge in [0, 0.05) is 17.0 Å². The first kappa shape index (κ1) is 15.0. The molecule has 1 N–H and O–H groups in total. The Kier molecular flexibility index (Phi) is 4.48. The van der Waals surface area contributed by atoms with E-state index in [1.54, 1.807) is 18.2 Å². The summed E-state index contributed by atoms with van der Waals surface area (Å²) in [6.45, 7) is 1.86. The molecule has 1 saturated carbocycles. The van der Waals surface area contributed by atoms with Crippen LogP contribution in [0.1, 0.15) is 54.4 Å². The molecule has 3 nitrogen and oxygen atoms in total. The SMILES string of the molecule is Cc1cc(C(=O)CC2(CC(=O)O)CCCC2)ccc1Cl. The first-order chi connectivity index (χ1) is 9.42. The molecule has 0 bridgehead atoms. The van der Waals surface area contributed by atoms with Crippen molar-refractivity contribution in [3.8, 4) is 0 Å². The van der Waals surface area contributed by atoms with E-state index in [9.17, 15) is 9.59 Å². The number of carbonyl (C=O) groups is 2. The molecule has 0 aromatic heterocycles. The number of benzene rings is 1. The van der Waals surface area contributed by atoms with E-state index >= 15 is 0 Å². The summed E-state index contributed by atoms with van der Waals surface area (Å²) >= 11 is 5.96. The Morgan fingerprint density at radius 2 is 1.90 bits per heavy atom. The summed E-state index contributed by atoms with van der Waals surface area (Å²) in [5, 5.41) is 9.72. The number of carboxylic acid groups (broad SMARTS) is 1. The van der Waals surface area contributed by atoms with E-state index in [-0.39, 0.29) is 17.6 Å². The maximum absolute atomic E-state index is 12.4. The summed E-state index contributed by atoms with van der Waals surface area (Å²) < 4.78 is 0. The Morgan fingerprint density at radius 3 is 2.45 bits per heavy atom. The normalized spacial score (nSPS) is 17.1. The lowest BCUT2D eigenvalue weighted by molar-refractivity contribution is -0.139. The van der Waals surface area contributed by atoms with Crippen LogP contribution in [-0.4, -0.2) is 16.9 Å². The number of aryl methyl sites for hydroxylation is 1. The van der Waals surface area contributed by atoms with E-state index in [0.29, 0.717) is 17.0 Å². The van der Waals surface area contributed by atoms with Gasteiger partial charge in [0.2, 0.25) is 0 Å². The van der Waals surface area contributed by atoms with E-state index < -0.39 is 5.97 Å². The standard InChI is InChI=1S/C16H19ClO3/c1-11-8-12(4-5-13(11)17)14(18)9-16(10-15(19)20)6-2-3-7-16/h4-5,8H,2-3,6-7,9-10H2,1H3,(H,19,20). The molecule has 0 spiro atoms. The van der Waals surface area contributed by atoms with Crippen molar-refractivity contribution in [2.45, 2.75) is 45.4 Å². The van der Waals surface area contributed by atoms with Crippen molar-refractivity contribution in [1.82, 2.24) is 0 Å². The minimum Gasteiger partial charge on any atom is -0.481 e. The van der Waals surface area contributed by atoms with Crippen molar-refractivity contribution in [1.29, 1.82) is 0 Å². The molecule has 1 fully saturated rings. The molecule has 0 heterocycles. The molecule has 108 valence electrons. The van der Waals surface area contributed by atoms with Crippen LogP contribution in [0.25, 0.3) is 0 Å². The van der Waals surface area contributed by atoms with Gasteiger partial charge in [0.1, 0.15) is 0 Å². The third kappa shape index (κ3) is 3.40. The third-order valence-corrected chi connectivity index (χ3v) is 4.63. The zero-order valence-electron chi connectivity index (χ0n) is 11.6. The van der Waals surface area contributed by atoms with Crippen molar-refractivity contribution in [3.63, 3.8) is 0 Å². The summed E-state index contributed by atoms with van der Waals surface area (Å²) in [7, 11) is 0. The predicted molar refractivity (Wildman–Crippen MR) is 78.3 cm³/mol. The number of halogens is 1. The minimum absolute atomic E-state index is 0.0212. The maximum Gasteiger partial charge on any atom is 0.303 e. The second-order valence-corrected chi connectivity index (χ2v) is 6.25. The fourth-order valence-corrected chi connectivity index (χ4v) is 3.24. The molecule has 1 aromatic carbocycles. The molecule has 0 radical (unpaired) electrons. The summed E-state index contributed by atoms with van der Waals surface area (Å²) in [5.41, 5.74) is 1.15. The Hall–Kier alpha value is -1.35. The van der Waals surface area contributed by atoms with Crippen LogP contribution < -0.4 is 0 Å². The number of hydrogen-bond acceptors (Lipinski definition) is 2. The van der Waals surface area contributed by atoms with Gasteiger partial charge in [-0.05, 0) is 48.9 Å². The van der Waals surface area contributed by atoms with Gasteiger partial charge in [-0.15, -0.1) is 0 Å². The zero-order chi connectivity index (χ0) is 14.8. The summed E-state index contributed by atoms with van der Waals surface area (Å²) in [5.74, 6) is -0.792. The van der Waals surface area contributed by atoms with Crippen LogP contribution in [0.2, 0.25) is 5.02 Å². The number of ketones is 1. The smallest absolute Gasteiger partial charge is 0.303 e. The van der Waals surface area contributed by atoms with Gasteiger partial charge in [-0.3, -0.25) is 9.59 Å². The average molecular weight is 295 g/mol. The van der Waals surface area contributed by atoms with Gasteiger partial charge in [0.05, 0.1) is 6.42 Å². The highest BCUT2D eigenvalue weighted by atomic mass is 35.5. The van der Waals surface area contributed by atoms with Gasteiger partial charge in [0.15, 0.2) is 5.78 Å². The van der Waals surface area contributed by atoms with Gasteiger partial charge in [-0.1, -0.05) is 24.4 Å². The minimum atomic E-state index is -0.813. The van der Waals surface area contributed by atoms with Crippen molar-refractivity contribution >= 4 is 23.4 Å². The Morgan fingerprint density at radius 1 is 1.25 bits per heavy atom. The highest BCUT2D eigenvalue weighted by molar-refractivity contribution is 6.31. The molecular formula is C16H19ClO3. The molecular weight excluding hydrogens is 276 g/mol. The molecule has 1 aliphatic carbocycles. The van der Waals surface area contributed by atoms with Gasteiger partial charge >= 0.3 is 5.97 Å². The number of aliphatic carboxylic acids is 1. The molecule has 0 aliphatic heterocycles. The van der Waals surface area contributed by atoms with Crippen LogP contribution >= 0.6 is 11.6 Å². The van der Waals surface area contributed by atoms with E-state index in [4.69, 9.17) is 16.7 Å². The van der Waals surface area contributed by atoms with E-state index in [1.807, 2.05) is 6.92 Å². The van der Waals surface area contributed by atoms with Crippen LogP contribution in [0.4, 0.5) is 0 Å². The summed E-state index contributed by atoms with van der Waals surface area (Å²) in [4.78, 5) is 23.5. The lowest BCUT2D eigenvalue weighted by Crippen LogP contribution is -2.24. The average Bonchev–Trinajstić information content (AvgIpc) is 2.79. The molecule has 1 aromatic rings. The van der Waals surface area contributed by atoms with Gasteiger partial charge < -0.3 is 5.11 Å². The number of hydrogen-bond donors (Lipinski definition) is 1. The second kappa shape index (κ2) is 5.96. The number of rotatable bonds is 5. The molecule has 0 unspecified atom stereocenters. The van der Waals surface area contributed by atoms with Crippen molar-refractivity contribution in [2.75, 3.05) is 0 Å². The van der Waals surface area contributed by atoms with Crippen molar-refractivity contribution in [2.24, 2.45) is 5.41 Å². The van der Waals surface area contributed by atoms with Gasteiger partial charge in [-0.2, -0.15) is 0 Å². The van der Waals surface area contributed by atoms with E-state index in [1.165, 1.54) is 0 Å². The molecule has 20 heavy (non-hydrogen) atoms.